The number of hydrogen-bond donors (Lipinski definition) is 2. The number of nitro groups is 1. The summed E-state index contributed by atoms with van der Waals surface area (Å²) in [5.41, 5.74) is 6.22. The van der Waals surface area contributed by atoms with Crippen LogP contribution < -0.4 is 11.1 Å². The van der Waals surface area contributed by atoms with E-state index < -0.39 is 16.9 Å². The Hall–Kier alpha value is -1.95. The first-order chi connectivity index (χ1) is 7.41. The van der Waals surface area contributed by atoms with Crippen molar-refractivity contribution in [3.63, 3.8) is 0 Å². The quantitative estimate of drug-likeness (QED) is 0.593. The normalized spacial score (nSPS) is 11.9. The third kappa shape index (κ3) is 2.77. The van der Waals surface area contributed by atoms with Crippen molar-refractivity contribution >= 4 is 17.3 Å². The van der Waals surface area contributed by atoms with Gasteiger partial charge in [0.2, 0.25) is 5.91 Å². The predicted octanol–water partition coefficient (Wildman–Crippen LogP) is 1.19. The summed E-state index contributed by atoms with van der Waals surface area (Å²) in [5.74, 6) is -0.450. The van der Waals surface area contributed by atoms with E-state index in [0.717, 1.165) is 5.56 Å². The molecule has 1 aromatic carbocycles. The highest BCUT2D eigenvalue weighted by Gasteiger charge is 2.17. The molecule has 0 radical (unpaired) electrons. The first-order valence-corrected chi connectivity index (χ1v) is 4.73. The second kappa shape index (κ2) is 4.71. The van der Waals surface area contributed by atoms with Gasteiger partial charge in [-0.1, -0.05) is 6.07 Å². The first kappa shape index (κ1) is 12.1. The highest BCUT2D eigenvalue weighted by Crippen LogP contribution is 2.25. The van der Waals surface area contributed by atoms with E-state index in [9.17, 15) is 14.9 Å². The van der Waals surface area contributed by atoms with Gasteiger partial charge in [-0.3, -0.25) is 14.9 Å². The summed E-state index contributed by atoms with van der Waals surface area (Å²) >= 11 is 0. The molecule has 0 unspecified atom stereocenters. The maximum absolute atomic E-state index is 11.3. The summed E-state index contributed by atoms with van der Waals surface area (Å²) in [6.45, 7) is 3.29. The molecule has 1 atom stereocenters. The minimum Gasteiger partial charge on any atom is -0.320 e. The summed E-state index contributed by atoms with van der Waals surface area (Å²) in [4.78, 5) is 21.5. The number of carbonyl (C=O) groups is 1. The molecule has 0 bridgehead atoms. The Morgan fingerprint density at radius 2 is 2.19 bits per heavy atom. The molecule has 0 aromatic heterocycles. The third-order valence-electron chi connectivity index (χ3n) is 2.02. The summed E-state index contributed by atoms with van der Waals surface area (Å²) in [7, 11) is 0. The van der Waals surface area contributed by atoms with Gasteiger partial charge in [-0.25, -0.2) is 0 Å². The topological polar surface area (TPSA) is 98.3 Å². The molecule has 0 aliphatic carbocycles. The maximum atomic E-state index is 11.3. The molecule has 1 aromatic rings. The van der Waals surface area contributed by atoms with Gasteiger partial charge in [-0.05, 0) is 25.5 Å². The van der Waals surface area contributed by atoms with Crippen molar-refractivity contribution < 1.29 is 9.72 Å². The lowest BCUT2D eigenvalue weighted by molar-refractivity contribution is -0.383. The van der Waals surface area contributed by atoms with Crippen LogP contribution >= 0.6 is 0 Å². The van der Waals surface area contributed by atoms with Crippen LogP contribution in [0.1, 0.15) is 12.5 Å². The lowest BCUT2D eigenvalue weighted by Gasteiger charge is -2.08. The number of nitrogens with one attached hydrogen (secondary N) is 1. The van der Waals surface area contributed by atoms with E-state index in [1.54, 1.807) is 19.1 Å². The van der Waals surface area contributed by atoms with E-state index >= 15 is 0 Å². The fourth-order valence-corrected chi connectivity index (χ4v) is 1.16. The van der Waals surface area contributed by atoms with Crippen molar-refractivity contribution in [1.29, 1.82) is 0 Å². The van der Waals surface area contributed by atoms with Crippen molar-refractivity contribution in [2.24, 2.45) is 5.73 Å². The van der Waals surface area contributed by atoms with Crippen LogP contribution in [-0.4, -0.2) is 16.9 Å². The van der Waals surface area contributed by atoms with Gasteiger partial charge in [-0.2, -0.15) is 0 Å². The monoisotopic (exact) mass is 223 g/mol. The SMILES string of the molecule is Cc1ccc([N+](=O)[O-])c(NC(=O)[C@H](C)N)c1. The summed E-state index contributed by atoms with van der Waals surface area (Å²) in [6.07, 6.45) is 0. The number of aryl methyl sites for hydroxylation is 1. The average molecular weight is 223 g/mol. The molecular weight excluding hydrogens is 210 g/mol. The third-order valence-corrected chi connectivity index (χ3v) is 2.02. The maximum Gasteiger partial charge on any atom is 0.292 e. The van der Waals surface area contributed by atoms with Crippen LogP contribution in [-0.2, 0) is 4.79 Å². The number of amides is 1. The van der Waals surface area contributed by atoms with Crippen molar-refractivity contribution in [2.75, 3.05) is 5.32 Å². The molecular formula is C10H13N3O3. The van der Waals surface area contributed by atoms with Crippen molar-refractivity contribution in [3.8, 4) is 0 Å². The Balaban J connectivity index is 3.06. The largest absolute Gasteiger partial charge is 0.320 e. The van der Waals surface area contributed by atoms with Gasteiger partial charge in [-0.15, -0.1) is 0 Å². The molecule has 0 saturated carbocycles. The predicted molar refractivity (Wildman–Crippen MR) is 60.1 cm³/mol. The molecule has 86 valence electrons. The van der Waals surface area contributed by atoms with E-state index in [0.29, 0.717) is 0 Å². The number of carbonyl (C=O) groups excluding carboxylic acids is 1. The Labute approximate surface area is 92.6 Å². The zero-order valence-corrected chi connectivity index (χ0v) is 9.06. The van der Waals surface area contributed by atoms with Crippen LogP contribution in [0.4, 0.5) is 11.4 Å². The number of hydrogen-bond acceptors (Lipinski definition) is 4. The van der Waals surface area contributed by atoms with Crippen LogP contribution in [0.25, 0.3) is 0 Å². The molecule has 6 heteroatoms. The lowest BCUT2D eigenvalue weighted by atomic mass is 10.2. The fourth-order valence-electron chi connectivity index (χ4n) is 1.16. The fraction of sp³-hybridized carbons (Fsp3) is 0.300. The Bertz CT molecular complexity index is 429. The highest BCUT2D eigenvalue weighted by molar-refractivity contribution is 5.96. The summed E-state index contributed by atoms with van der Waals surface area (Å²) < 4.78 is 0. The van der Waals surface area contributed by atoms with Gasteiger partial charge in [0.15, 0.2) is 0 Å². The second-order valence-electron chi connectivity index (χ2n) is 3.56. The second-order valence-corrected chi connectivity index (χ2v) is 3.56. The Kier molecular flexibility index (Phi) is 3.57. The first-order valence-electron chi connectivity index (χ1n) is 4.73. The van der Waals surface area contributed by atoms with Gasteiger partial charge >= 0.3 is 0 Å². The van der Waals surface area contributed by atoms with Gasteiger partial charge < -0.3 is 11.1 Å². The van der Waals surface area contributed by atoms with Gasteiger partial charge in [0, 0.05) is 6.07 Å². The van der Waals surface area contributed by atoms with Crippen LogP contribution in [0.3, 0.4) is 0 Å². The van der Waals surface area contributed by atoms with E-state index in [1.165, 1.54) is 13.0 Å². The smallest absolute Gasteiger partial charge is 0.292 e. The number of anilines is 1. The van der Waals surface area contributed by atoms with Crippen LogP contribution in [0, 0.1) is 17.0 Å². The summed E-state index contributed by atoms with van der Waals surface area (Å²) in [5, 5.41) is 13.1. The Morgan fingerprint density at radius 1 is 1.56 bits per heavy atom. The molecule has 1 amide bonds. The van der Waals surface area contributed by atoms with Crippen LogP contribution in [0.5, 0.6) is 0 Å². The molecule has 16 heavy (non-hydrogen) atoms. The van der Waals surface area contributed by atoms with Gasteiger partial charge in [0.25, 0.3) is 5.69 Å². The molecule has 0 aliphatic heterocycles. The van der Waals surface area contributed by atoms with E-state index in [1.807, 2.05) is 0 Å². The van der Waals surface area contributed by atoms with Crippen LogP contribution in [0.2, 0.25) is 0 Å². The average Bonchev–Trinajstić information content (AvgIpc) is 2.16. The number of rotatable bonds is 3. The molecule has 0 fully saturated rings. The molecule has 3 N–H and O–H groups in total. The van der Waals surface area contributed by atoms with Crippen molar-refractivity contribution in [3.05, 3.63) is 33.9 Å². The molecule has 0 spiro atoms. The summed E-state index contributed by atoms with van der Waals surface area (Å²) in [6, 6.07) is 3.80. The minimum absolute atomic E-state index is 0.139. The Morgan fingerprint density at radius 3 is 2.69 bits per heavy atom. The minimum atomic E-state index is -0.708. The van der Waals surface area contributed by atoms with Gasteiger partial charge in [0.05, 0.1) is 11.0 Å². The van der Waals surface area contributed by atoms with Crippen molar-refractivity contribution in [2.45, 2.75) is 19.9 Å². The lowest BCUT2D eigenvalue weighted by Crippen LogP contribution is -2.32. The number of benzene rings is 1. The van der Waals surface area contributed by atoms with Crippen molar-refractivity contribution in [1.82, 2.24) is 0 Å². The molecule has 0 aliphatic rings. The van der Waals surface area contributed by atoms with Crippen LogP contribution in [0.15, 0.2) is 18.2 Å². The van der Waals surface area contributed by atoms with E-state index in [2.05, 4.69) is 5.32 Å². The van der Waals surface area contributed by atoms with E-state index in [4.69, 9.17) is 5.73 Å². The standard InChI is InChI=1S/C10H13N3O3/c1-6-3-4-9(13(15)16)8(5-6)12-10(14)7(2)11/h3-5,7H,11H2,1-2H3,(H,12,14)/t7-/m0/s1. The van der Waals surface area contributed by atoms with Gasteiger partial charge in [0.1, 0.15) is 5.69 Å². The number of nitrogens with two attached hydrogens (primary N) is 1. The number of nitrogens with zero attached hydrogens (tertiary/aromatic N) is 1. The zero-order valence-electron chi connectivity index (χ0n) is 9.06. The van der Waals surface area contributed by atoms with E-state index in [-0.39, 0.29) is 11.4 Å². The molecule has 1 rings (SSSR count). The zero-order chi connectivity index (χ0) is 12.3. The molecule has 6 nitrogen and oxygen atoms in total. The molecule has 0 saturated heterocycles. The molecule has 0 heterocycles. The highest BCUT2D eigenvalue weighted by atomic mass is 16.6. The number of nitro benzene ring substituents is 1.